The van der Waals surface area contributed by atoms with Crippen molar-refractivity contribution < 1.29 is 32.6 Å². The molecule has 0 saturated heterocycles. The molecular formula is C30H29F3N4O4. The molecule has 0 aliphatic heterocycles. The zero-order valence-electron chi connectivity index (χ0n) is 22.9. The van der Waals surface area contributed by atoms with E-state index in [-0.39, 0.29) is 47.2 Å². The molecule has 4 aromatic rings. The van der Waals surface area contributed by atoms with Gasteiger partial charge in [-0.3, -0.25) is 4.79 Å². The zero-order valence-corrected chi connectivity index (χ0v) is 22.9. The third-order valence-corrected chi connectivity index (χ3v) is 6.29. The lowest BCUT2D eigenvalue weighted by molar-refractivity contribution is -0.137. The molecule has 0 atom stereocenters. The van der Waals surface area contributed by atoms with Crippen LogP contribution in [0, 0.1) is 0 Å². The number of hydrogen-bond acceptors (Lipinski definition) is 6. The molecule has 1 heterocycles. The standard InChI is InChI=1S/C30H29F3N4O4/c1-5-41-29(40)19-11-13-21-23(15-19)35-28(39)26(21)27(18-9-7-6-8-10-18)34-20-12-14-24(22(16-20)30(31,32)33)37(4)25(38)17-36(2)3/h6-16,35,39H,5,17H2,1-4H3. The summed E-state index contributed by atoms with van der Waals surface area (Å²) in [5, 5.41) is 11.4. The summed E-state index contributed by atoms with van der Waals surface area (Å²) in [5.41, 5.74) is 0.310. The van der Waals surface area contributed by atoms with Crippen molar-refractivity contribution in [3.8, 4) is 5.88 Å². The van der Waals surface area contributed by atoms with Crippen molar-refractivity contribution in [2.75, 3.05) is 39.2 Å². The van der Waals surface area contributed by atoms with Gasteiger partial charge in [0, 0.05) is 23.5 Å². The van der Waals surface area contributed by atoms with E-state index >= 15 is 0 Å². The average molecular weight is 567 g/mol. The Labute approximate surface area is 234 Å². The lowest BCUT2D eigenvalue weighted by atomic mass is 10.00. The topological polar surface area (TPSA) is 98.2 Å². The Morgan fingerprint density at radius 1 is 0.976 bits per heavy atom. The Morgan fingerprint density at radius 2 is 1.68 bits per heavy atom. The van der Waals surface area contributed by atoms with E-state index in [1.807, 2.05) is 0 Å². The molecule has 0 aliphatic rings. The van der Waals surface area contributed by atoms with Crippen LogP contribution in [-0.2, 0) is 15.7 Å². The summed E-state index contributed by atoms with van der Waals surface area (Å²) in [6.07, 6.45) is -4.77. The molecule has 2 N–H and O–H groups in total. The van der Waals surface area contributed by atoms with Crippen molar-refractivity contribution >= 4 is 39.9 Å². The van der Waals surface area contributed by atoms with Crippen molar-refractivity contribution in [3.63, 3.8) is 0 Å². The van der Waals surface area contributed by atoms with Crippen LogP contribution in [0.3, 0.4) is 0 Å². The molecular weight excluding hydrogens is 537 g/mol. The summed E-state index contributed by atoms with van der Waals surface area (Å²) in [6, 6.07) is 16.8. The molecule has 0 aliphatic carbocycles. The molecule has 11 heteroatoms. The number of carbonyl (C=O) groups excluding carboxylic acids is 2. The number of aromatic hydroxyl groups is 1. The fraction of sp³-hybridized carbons (Fsp3) is 0.233. The number of nitrogens with one attached hydrogen (secondary N) is 1. The highest BCUT2D eigenvalue weighted by Gasteiger charge is 2.36. The maximum atomic E-state index is 14.2. The van der Waals surface area contributed by atoms with Crippen molar-refractivity contribution in [1.82, 2.24) is 9.88 Å². The Morgan fingerprint density at radius 3 is 2.32 bits per heavy atom. The van der Waals surface area contributed by atoms with Gasteiger partial charge in [0.05, 0.1) is 46.9 Å². The zero-order chi connectivity index (χ0) is 29.9. The number of aromatic nitrogens is 1. The minimum absolute atomic E-state index is 0.0368. The molecule has 41 heavy (non-hydrogen) atoms. The predicted octanol–water partition coefficient (Wildman–Crippen LogP) is 5.76. The summed E-state index contributed by atoms with van der Waals surface area (Å²) >= 11 is 0. The third-order valence-electron chi connectivity index (χ3n) is 6.29. The number of H-pyrrole nitrogens is 1. The van der Waals surface area contributed by atoms with E-state index in [4.69, 9.17) is 4.74 Å². The molecule has 0 saturated carbocycles. The van der Waals surface area contributed by atoms with Gasteiger partial charge in [0.1, 0.15) is 0 Å². The van der Waals surface area contributed by atoms with E-state index < -0.39 is 23.6 Å². The largest absolute Gasteiger partial charge is 0.494 e. The average Bonchev–Trinajstić information content (AvgIpc) is 3.25. The number of hydrogen-bond donors (Lipinski definition) is 2. The molecule has 0 radical (unpaired) electrons. The number of aliphatic imine (C=N–C) groups is 1. The normalized spacial score (nSPS) is 12.1. The van der Waals surface area contributed by atoms with E-state index in [2.05, 4.69) is 9.98 Å². The maximum Gasteiger partial charge on any atom is 0.418 e. The van der Waals surface area contributed by atoms with Crippen LogP contribution in [0.2, 0.25) is 0 Å². The van der Waals surface area contributed by atoms with Gasteiger partial charge in [-0.05, 0) is 51.4 Å². The number of rotatable bonds is 8. The van der Waals surface area contributed by atoms with E-state index in [9.17, 15) is 27.9 Å². The number of amides is 1. The second-order valence-electron chi connectivity index (χ2n) is 9.55. The smallest absolute Gasteiger partial charge is 0.418 e. The van der Waals surface area contributed by atoms with Gasteiger partial charge in [0.15, 0.2) is 5.88 Å². The van der Waals surface area contributed by atoms with Crippen molar-refractivity contribution in [2.24, 2.45) is 4.99 Å². The summed E-state index contributed by atoms with van der Waals surface area (Å²) in [7, 11) is 4.59. The first-order chi connectivity index (χ1) is 19.4. The first-order valence-corrected chi connectivity index (χ1v) is 12.7. The van der Waals surface area contributed by atoms with Gasteiger partial charge in [-0.15, -0.1) is 0 Å². The lowest BCUT2D eigenvalue weighted by Gasteiger charge is -2.23. The van der Waals surface area contributed by atoms with Crippen molar-refractivity contribution in [1.29, 1.82) is 0 Å². The van der Waals surface area contributed by atoms with Crippen LogP contribution in [0.15, 0.2) is 71.7 Å². The minimum Gasteiger partial charge on any atom is -0.494 e. The van der Waals surface area contributed by atoms with Gasteiger partial charge in [0.2, 0.25) is 5.91 Å². The third kappa shape index (κ3) is 6.41. The molecule has 3 aromatic carbocycles. The highest BCUT2D eigenvalue weighted by molar-refractivity contribution is 6.22. The van der Waals surface area contributed by atoms with Crippen molar-refractivity contribution in [3.05, 3.63) is 89.0 Å². The highest BCUT2D eigenvalue weighted by Crippen LogP contribution is 2.39. The monoisotopic (exact) mass is 566 g/mol. The number of benzene rings is 3. The molecule has 0 spiro atoms. The van der Waals surface area contributed by atoms with Gasteiger partial charge >= 0.3 is 12.1 Å². The van der Waals surface area contributed by atoms with Crippen LogP contribution in [-0.4, -0.2) is 66.9 Å². The first-order valence-electron chi connectivity index (χ1n) is 12.7. The Bertz CT molecular complexity index is 1610. The molecule has 0 unspecified atom stereocenters. The second-order valence-corrected chi connectivity index (χ2v) is 9.55. The Hall–Kier alpha value is -4.64. The number of ether oxygens (including phenoxy) is 1. The number of halogens is 3. The second kappa shape index (κ2) is 11.8. The number of aromatic amines is 1. The van der Waals surface area contributed by atoms with Gasteiger partial charge < -0.3 is 24.6 Å². The van der Waals surface area contributed by atoms with Crippen LogP contribution in [0.5, 0.6) is 5.88 Å². The molecule has 1 amide bonds. The number of nitrogens with zero attached hydrogens (tertiary/aromatic N) is 3. The Kier molecular flexibility index (Phi) is 8.48. The van der Waals surface area contributed by atoms with Crippen molar-refractivity contribution in [2.45, 2.75) is 13.1 Å². The van der Waals surface area contributed by atoms with E-state index in [1.165, 1.54) is 31.3 Å². The fourth-order valence-corrected chi connectivity index (χ4v) is 4.38. The van der Waals surface area contributed by atoms with E-state index in [0.717, 1.165) is 11.0 Å². The maximum absolute atomic E-state index is 14.2. The van der Waals surface area contributed by atoms with E-state index in [1.54, 1.807) is 62.3 Å². The first kappa shape index (κ1) is 29.3. The predicted molar refractivity (Wildman–Crippen MR) is 151 cm³/mol. The quantitative estimate of drug-likeness (QED) is 0.209. The van der Waals surface area contributed by atoms with Gasteiger partial charge in [-0.1, -0.05) is 36.4 Å². The number of alkyl halides is 3. The number of fused-ring (bicyclic) bond motifs is 1. The molecule has 214 valence electrons. The van der Waals surface area contributed by atoms with Crippen LogP contribution in [0.1, 0.15) is 34.0 Å². The fourth-order valence-electron chi connectivity index (χ4n) is 4.38. The number of likely N-dealkylation sites (N-methyl/N-ethyl adjacent to an activating group) is 2. The van der Waals surface area contributed by atoms with Crippen LogP contribution < -0.4 is 4.90 Å². The molecule has 1 aromatic heterocycles. The SMILES string of the molecule is CCOC(=O)c1ccc2c(C(=Nc3ccc(N(C)C(=O)CN(C)C)c(C(F)(F)F)c3)c3ccccc3)c(O)[nH]c2c1. The summed E-state index contributed by atoms with van der Waals surface area (Å²) < 4.78 is 47.6. The van der Waals surface area contributed by atoms with E-state index in [0.29, 0.717) is 16.5 Å². The van der Waals surface area contributed by atoms with Crippen LogP contribution in [0.25, 0.3) is 10.9 Å². The Balaban J connectivity index is 1.88. The molecule has 4 rings (SSSR count). The number of anilines is 1. The summed E-state index contributed by atoms with van der Waals surface area (Å²) in [5.74, 6) is -1.31. The molecule has 0 fully saturated rings. The number of carbonyl (C=O) groups is 2. The summed E-state index contributed by atoms with van der Waals surface area (Å²) in [4.78, 5) is 34.7. The van der Waals surface area contributed by atoms with Gasteiger partial charge in [0.25, 0.3) is 0 Å². The highest BCUT2D eigenvalue weighted by atomic mass is 19.4. The van der Waals surface area contributed by atoms with Crippen LogP contribution in [0.4, 0.5) is 24.5 Å². The lowest BCUT2D eigenvalue weighted by Crippen LogP contribution is -2.36. The molecule has 0 bridgehead atoms. The minimum atomic E-state index is -4.77. The summed E-state index contributed by atoms with van der Waals surface area (Å²) in [6.45, 7) is 1.82. The molecule has 8 nitrogen and oxygen atoms in total. The number of esters is 1. The van der Waals surface area contributed by atoms with Crippen LogP contribution >= 0.6 is 0 Å². The van der Waals surface area contributed by atoms with Gasteiger partial charge in [-0.2, -0.15) is 13.2 Å². The van der Waals surface area contributed by atoms with Gasteiger partial charge in [-0.25, -0.2) is 9.79 Å².